The number of benzene rings is 2. The van der Waals surface area contributed by atoms with Crippen molar-refractivity contribution in [2.75, 3.05) is 24.9 Å². The second-order valence-corrected chi connectivity index (χ2v) is 6.68. The maximum atomic E-state index is 5.42. The van der Waals surface area contributed by atoms with Crippen LogP contribution >= 0.6 is 0 Å². The van der Waals surface area contributed by atoms with Crippen molar-refractivity contribution in [3.63, 3.8) is 0 Å². The molecule has 28 heavy (non-hydrogen) atoms. The van der Waals surface area contributed by atoms with E-state index in [0.29, 0.717) is 29.2 Å². The number of aromatic nitrogens is 3. The molecule has 0 amide bonds. The number of nitrogens with zero attached hydrogens (tertiary/aromatic N) is 3. The first-order valence-corrected chi connectivity index (χ1v) is 9.07. The second kappa shape index (κ2) is 8.56. The van der Waals surface area contributed by atoms with Crippen LogP contribution < -0.4 is 20.1 Å². The lowest BCUT2D eigenvalue weighted by molar-refractivity contribution is 0.395. The van der Waals surface area contributed by atoms with Crippen LogP contribution in [-0.4, -0.2) is 29.4 Å². The Kier molecular flexibility index (Phi) is 5.93. The van der Waals surface area contributed by atoms with E-state index in [1.807, 2.05) is 12.1 Å². The van der Waals surface area contributed by atoms with Crippen molar-refractivity contribution in [1.82, 2.24) is 15.2 Å². The molecule has 0 saturated heterocycles. The molecule has 0 aliphatic carbocycles. The highest BCUT2D eigenvalue weighted by molar-refractivity contribution is 5.67. The quantitative estimate of drug-likeness (QED) is 0.610. The summed E-state index contributed by atoms with van der Waals surface area (Å²) in [7, 11) is 3.22. The predicted molar refractivity (Wildman–Crippen MR) is 111 cm³/mol. The van der Waals surface area contributed by atoms with Gasteiger partial charge < -0.3 is 20.1 Å². The first kappa shape index (κ1) is 19.4. The van der Waals surface area contributed by atoms with Gasteiger partial charge in [0.1, 0.15) is 11.5 Å². The van der Waals surface area contributed by atoms with E-state index in [9.17, 15) is 0 Å². The third-order valence-corrected chi connectivity index (χ3v) is 4.39. The summed E-state index contributed by atoms with van der Waals surface area (Å²) in [4.78, 5) is 4.54. The van der Waals surface area contributed by atoms with Gasteiger partial charge in [-0.3, -0.25) is 0 Å². The molecule has 0 aliphatic rings. The van der Waals surface area contributed by atoms with Crippen LogP contribution in [0.3, 0.4) is 0 Å². The van der Waals surface area contributed by atoms with Crippen molar-refractivity contribution in [2.45, 2.75) is 26.7 Å². The Bertz CT molecular complexity index is 959. The minimum Gasteiger partial charge on any atom is -0.497 e. The largest absolute Gasteiger partial charge is 0.497 e. The van der Waals surface area contributed by atoms with E-state index in [-0.39, 0.29) is 0 Å². The average Bonchev–Trinajstić information content (AvgIpc) is 2.70. The van der Waals surface area contributed by atoms with Crippen LogP contribution in [0.5, 0.6) is 11.5 Å². The molecule has 0 atom stereocenters. The van der Waals surface area contributed by atoms with Crippen LogP contribution in [0.1, 0.15) is 30.9 Å². The second-order valence-electron chi connectivity index (χ2n) is 6.68. The smallest absolute Gasteiger partial charge is 0.249 e. The van der Waals surface area contributed by atoms with Crippen LogP contribution in [0.4, 0.5) is 23.1 Å². The molecule has 0 saturated carbocycles. The van der Waals surface area contributed by atoms with Gasteiger partial charge in [0.05, 0.1) is 26.1 Å². The number of rotatable bonds is 7. The van der Waals surface area contributed by atoms with Crippen molar-refractivity contribution >= 4 is 23.1 Å². The molecular formula is C21H25N5O2. The number of aryl methyl sites for hydroxylation is 1. The molecule has 1 heterocycles. The lowest BCUT2D eigenvalue weighted by Crippen LogP contribution is -2.06. The van der Waals surface area contributed by atoms with E-state index in [1.54, 1.807) is 26.5 Å². The Morgan fingerprint density at radius 1 is 1.00 bits per heavy atom. The molecule has 2 aromatic carbocycles. The van der Waals surface area contributed by atoms with Crippen molar-refractivity contribution in [3.8, 4) is 11.5 Å². The number of methoxy groups -OCH3 is 2. The lowest BCUT2D eigenvalue weighted by Gasteiger charge is -2.16. The first-order chi connectivity index (χ1) is 13.5. The number of hydrogen-bond donors (Lipinski definition) is 2. The topological polar surface area (TPSA) is 81.2 Å². The molecule has 2 N–H and O–H groups in total. The average molecular weight is 379 g/mol. The molecule has 7 nitrogen and oxygen atoms in total. The zero-order valence-electron chi connectivity index (χ0n) is 16.8. The molecule has 0 fully saturated rings. The van der Waals surface area contributed by atoms with Gasteiger partial charge in [0.2, 0.25) is 5.95 Å². The molecule has 0 unspecified atom stereocenters. The predicted octanol–water partition coefficient (Wildman–Crippen LogP) is 4.81. The molecule has 0 aliphatic heterocycles. The zero-order valence-corrected chi connectivity index (χ0v) is 16.8. The molecule has 3 aromatic rings. The molecular weight excluding hydrogens is 354 g/mol. The van der Waals surface area contributed by atoms with Crippen LogP contribution in [-0.2, 0) is 0 Å². The normalized spacial score (nSPS) is 10.6. The summed E-state index contributed by atoms with van der Waals surface area (Å²) in [6, 6.07) is 11.7. The summed E-state index contributed by atoms with van der Waals surface area (Å²) in [6.07, 6.45) is 1.57. The minimum absolute atomic E-state index is 0.375. The van der Waals surface area contributed by atoms with Crippen LogP contribution in [0.25, 0.3) is 0 Å². The summed E-state index contributed by atoms with van der Waals surface area (Å²) < 4.78 is 10.7. The van der Waals surface area contributed by atoms with Crippen molar-refractivity contribution in [1.29, 1.82) is 0 Å². The monoisotopic (exact) mass is 379 g/mol. The van der Waals surface area contributed by atoms with Gasteiger partial charge in [0, 0.05) is 11.8 Å². The van der Waals surface area contributed by atoms with Gasteiger partial charge in [-0.05, 0) is 36.1 Å². The molecule has 0 spiro atoms. The number of hydrogen-bond acceptors (Lipinski definition) is 7. The number of ether oxygens (including phenoxy) is 2. The fraction of sp³-hybridized carbons (Fsp3) is 0.286. The Morgan fingerprint density at radius 3 is 2.54 bits per heavy atom. The Morgan fingerprint density at radius 2 is 1.82 bits per heavy atom. The van der Waals surface area contributed by atoms with Gasteiger partial charge in [-0.1, -0.05) is 32.0 Å². The molecule has 146 valence electrons. The van der Waals surface area contributed by atoms with Gasteiger partial charge in [-0.15, -0.1) is 5.10 Å². The highest BCUT2D eigenvalue weighted by atomic mass is 16.5. The van der Waals surface area contributed by atoms with Crippen molar-refractivity contribution in [2.24, 2.45) is 0 Å². The molecule has 7 heteroatoms. The van der Waals surface area contributed by atoms with Gasteiger partial charge in [0.25, 0.3) is 0 Å². The van der Waals surface area contributed by atoms with Crippen molar-refractivity contribution in [3.05, 3.63) is 53.7 Å². The number of nitrogens with one attached hydrogen (secondary N) is 2. The SMILES string of the molecule is COc1ccc(Nc2cnnc(Nc3c(C)cccc3C(C)C)n2)c(OC)c1. The van der Waals surface area contributed by atoms with E-state index in [0.717, 1.165) is 16.9 Å². The first-order valence-electron chi connectivity index (χ1n) is 9.07. The van der Waals surface area contributed by atoms with E-state index >= 15 is 0 Å². The van der Waals surface area contributed by atoms with Crippen LogP contribution in [0.2, 0.25) is 0 Å². The minimum atomic E-state index is 0.375. The van der Waals surface area contributed by atoms with Crippen LogP contribution in [0, 0.1) is 6.92 Å². The molecule has 3 rings (SSSR count). The number of anilines is 4. The Balaban J connectivity index is 1.86. The van der Waals surface area contributed by atoms with Gasteiger partial charge in [-0.25, -0.2) is 0 Å². The van der Waals surface area contributed by atoms with Gasteiger partial charge in [0.15, 0.2) is 5.82 Å². The third kappa shape index (κ3) is 4.31. The van der Waals surface area contributed by atoms with E-state index in [4.69, 9.17) is 9.47 Å². The highest BCUT2D eigenvalue weighted by Gasteiger charge is 2.12. The Labute approximate surface area is 165 Å². The van der Waals surface area contributed by atoms with Gasteiger partial charge in [-0.2, -0.15) is 10.1 Å². The summed E-state index contributed by atoms with van der Waals surface area (Å²) >= 11 is 0. The van der Waals surface area contributed by atoms with E-state index in [2.05, 4.69) is 64.8 Å². The molecule has 1 aromatic heterocycles. The summed E-state index contributed by atoms with van der Waals surface area (Å²) in [6.45, 7) is 6.38. The molecule has 0 bridgehead atoms. The highest BCUT2D eigenvalue weighted by Crippen LogP contribution is 2.32. The summed E-state index contributed by atoms with van der Waals surface area (Å²) in [5.41, 5.74) is 4.11. The summed E-state index contributed by atoms with van der Waals surface area (Å²) in [5.74, 6) is 2.72. The van der Waals surface area contributed by atoms with Gasteiger partial charge >= 0.3 is 0 Å². The molecule has 0 radical (unpaired) electrons. The van der Waals surface area contributed by atoms with E-state index < -0.39 is 0 Å². The maximum absolute atomic E-state index is 5.42. The van der Waals surface area contributed by atoms with Crippen molar-refractivity contribution < 1.29 is 9.47 Å². The Hall–Kier alpha value is -3.35. The fourth-order valence-electron chi connectivity index (χ4n) is 2.91. The van der Waals surface area contributed by atoms with Crippen LogP contribution in [0.15, 0.2) is 42.6 Å². The fourth-order valence-corrected chi connectivity index (χ4v) is 2.91. The lowest BCUT2D eigenvalue weighted by atomic mass is 9.98. The maximum Gasteiger partial charge on any atom is 0.249 e. The number of para-hydroxylation sites is 1. The summed E-state index contributed by atoms with van der Waals surface area (Å²) in [5, 5.41) is 14.7. The van der Waals surface area contributed by atoms with E-state index in [1.165, 1.54) is 5.56 Å². The standard InChI is InChI=1S/C21H25N5O2/c1-13(2)16-8-6-7-14(3)20(16)25-21-24-19(12-22-26-21)23-17-10-9-15(27-4)11-18(17)28-5/h6-13H,1-5H3,(H2,23,24,25,26). The zero-order chi connectivity index (χ0) is 20.1. The third-order valence-electron chi connectivity index (χ3n) is 4.39.